The molecule has 12 heavy (non-hydrogen) atoms. The van der Waals surface area contributed by atoms with Crippen molar-refractivity contribution >= 4 is 5.97 Å². The smallest absolute Gasteiger partial charge is 0.305 e. The Morgan fingerprint density at radius 1 is 1.50 bits per heavy atom. The molecular weight excluding hydrogens is 160 g/mol. The lowest BCUT2D eigenvalue weighted by atomic mass is 9.97. The zero-order chi connectivity index (χ0) is 9.30. The summed E-state index contributed by atoms with van der Waals surface area (Å²) in [6.07, 6.45) is -1.14. The summed E-state index contributed by atoms with van der Waals surface area (Å²) in [5.41, 5.74) is 0. The SMILES string of the molecule is CC1OC(CC(=O)O)[C@@H](C)[C@@H]1O. The van der Waals surface area contributed by atoms with Crippen molar-refractivity contribution < 1.29 is 19.7 Å². The number of hydrogen-bond acceptors (Lipinski definition) is 3. The van der Waals surface area contributed by atoms with Crippen LogP contribution >= 0.6 is 0 Å². The highest BCUT2D eigenvalue weighted by Gasteiger charge is 2.38. The molecule has 4 atom stereocenters. The fraction of sp³-hybridized carbons (Fsp3) is 0.875. The fourth-order valence-electron chi connectivity index (χ4n) is 1.53. The molecule has 70 valence electrons. The lowest BCUT2D eigenvalue weighted by molar-refractivity contribution is -0.140. The van der Waals surface area contributed by atoms with E-state index in [1.54, 1.807) is 6.92 Å². The van der Waals surface area contributed by atoms with Crippen molar-refractivity contribution in [3.63, 3.8) is 0 Å². The molecule has 2 unspecified atom stereocenters. The molecule has 0 aromatic heterocycles. The summed E-state index contributed by atoms with van der Waals surface area (Å²) >= 11 is 0. The summed E-state index contributed by atoms with van der Waals surface area (Å²) in [7, 11) is 0. The number of carbonyl (C=O) groups is 1. The Bertz CT molecular complexity index is 180. The highest BCUT2D eigenvalue weighted by molar-refractivity contribution is 5.67. The zero-order valence-electron chi connectivity index (χ0n) is 7.23. The number of carboxylic acids is 1. The largest absolute Gasteiger partial charge is 0.481 e. The van der Waals surface area contributed by atoms with Gasteiger partial charge in [-0.15, -0.1) is 0 Å². The average molecular weight is 174 g/mol. The van der Waals surface area contributed by atoms with Crippen molar-refractivity contribution in [2.75, 3.05) is 0 Å². The van der Waals surface area contributed by atoms with Crippen LogP contribution in [0.3, 0.4) is 0 Å². The molecule has 1 fully saturated rings. The van der Waals surface area contributed by atoms with Crippen molar-refractivity contribution in [1.82, 2.24) is 0 Å². The van der Waals surface area contributed by atoms with E-state index in [9.17, 15) is 9.90 Å². The van der Waals surface area contributed by atoms with Gasteiger partial charge in [-0.25, -0.2) is 0 Å². The second-order valence-electron chi connectivity index (χ2n) is 3.33. The number of aliphatic carboxylic acids is 1. The molecule has 0 aliphatic carbocycles. The molecule has 0 spiro atoms. The second-order valence-corrected chi connectivity index (χ2v) is 3.33. The molecule has 4 heteroatoms. The molecule has 1 rings (SSSR count). The third kappa shape index (κ3) is 1.76. The first-order valence-corrected chi connectivity index (χ1v) is 4.07. The molecule has 1 saturated heterocycles. The number of hydrogen-bond donors (Lipinski definition) is 2. The highest BCUT2D eigenvalue weighted by atomic mass is 16.5. The van der Waals surface area contributed by atoms with Crippen LogP contribution in [0.1, 0.15) is 20.3 Å². The zero-order valence-corrected chi connectivity index (χ0v) is 7.23. The van der Waals surface area contributed by atoms with Crippen molar-refractivity contribution in [3.8, 4) is 0 Å². The van der Waals surface area contributed by atoms with E-state index in [0.29, 0.717) is 0 Å². The van der Waals surface area contributed by atoms with Crippen LogP contribution in [-0.2, 0) is 9.53 Å². The van der Waals surface area contributed by atoms with Gasteiger partial charge in [-0.3, -0.25) is 4.79 Å². The van der Waals surface area contributed by atoms with E-state index in [2.05, 4.69) is 0 Å². The number of aliphatic hydroxyl groups is 1. The van der Waals surface area contributed by atoms with Gasteiger partial charge in [0.2, 0.25) is 0 Å². The van der Waals surface area contributed by atoms with Crippen LogP contribution < -0.4 is 0 Å². The Hall–Kier alpha value is -0.610. The van der Waals surface area contributed by atoms with Gasteiger partial charge in [0.15, 0.2) is 0 Å². The van der Waals surface area contributed by atoms with Crippen LogP contribution in [0.5, 0.6) is 0 Å². The van der Waals surface area contributed by atoms with E-state index in [1.807, 2.05) is 6.92 Å². The molecule has 0 amide bonds. The Morgan fingerprint density at radius 2 is 2.08 bits per heavy atom. The molecule has 4 nitrogen and oxygen atoms in total. The van der Waals surface area contributed by atoms with Crippen LogP contribution in [0, 0.1) is 5.92 Å². The van der Waals surface area contributed by atoms with Crippen molar-refractivity contribution in [2.24, 2.45) is 5.92 Å². The second kappa shape index (κ2) is 3.41. The number of ether oxygens (including phenoxy) is 1. The van der Waals surface area contributed by atoms with Gasteiger partial charge in [-0.2, -0.15) is 0 Å². The summed E-state index contributed by atoms with van der Waals surface area (Å²) in [5.74, 6) is -0.968. The number of aliphatic hydroxyl groups excluding tert-OH is 1. The minimum atomic E-state index is -0.881. The van der Waals surface area contributed by atoms with Gasteiger partial charge in [-0.1, -0.05) is 6.92 Å². The normalized spacial score (nSPS) is 41.6. The van der Waals surface area contributed by atoms with E-state index < -0.39 is 12.1 Å². The van der Waals surface area contributed by atoms with E-state index in [0.717, 1.165) is 0 Å². The predicted octanol–water partition coefficient (Wildman–Crippen LogP) is 0.245. The summed E-state index contributed by atoms with van der Waals surface area (Å²) in [6.45, 7) is 3.56. The molecule has 2 N–H and O–H groups in total. The Labute approximate surface area is 71.2 Å². The molecule has 0 aromatic carbocycles. The van der Waals surface area contributed by atoms with E-state index >= 15 is 0 Å². The highest BCUT2D eigenvalue weighted by Crippen LogP contribution is 2.28. The maximum absolute atomic E-state index is 10.4. The van der Waals surface area contributed by atoms with Gasteiger partial charge < -0.3 is 14.9 Å². The van der Waals surface area contributed by atoms with Gasteiger partial charge in [0.25, 0.3) is 0 Å². The topological polar surface area (TPSA) is 66.8 Å². The minimum absolute atomic E-state index is 0.0252. The quantitative estimate of drug-likeness (QED) is 0.629. The lowest BCUT2D eigenvalue weighted by Crippen LogP contribution is -2.24. The summed E-state index contributed by atoms with van der Waals surface area (Å²) in [5, 5.41) is 17.9. The minimum Gasteiger partial charge on any atom is -0.481 e. The Morgan fingerprint density at radius 3 is 2.42 bits per heavy atom. The van der Waals surface area contributed by atoms with Crippen molar-refractivity contribution in [1.29, 1.82) is 0 Å². The first kappa shape index (κ1) is 9.48. The van der Waals surface area contributed by atoms with Crippen LogP contribution in [0.15, 0.2) is 0 Å². The van der Waals surface area contributed by atoms with Crippen molar-refractivity contribution in [3.05, 3.63) is 0 Å². The fourth-order valence-corrected chi connectivity index (χ4v) is 1.53. The van der Waals surface area contributed by atoms with Gasteiger partial charge >= 0.3 is 5.97 Å². The Kier molecular flexibility index (Phi) is 2.69. The maximum Gasteiger partial charge on any atom is 0.305 e. The van der Waals surface area contributed by atoms with Crippen molar-refractivity contribution in [2.45, 2.75) is 38.6 Å². The standard InChI is InChI=1S/C8H14O4/c1-4-6(3-7(9)10)12-5(2)8(4)11/h4-6,8,11H,3H2,1-2H3,(H,9,10)/t4-,5?,6?,8+/m1/s1. The van der Waals surface area contributed by atoms with Gasteiger partial charge in [0, 0.05) is 5.92 Å². The first-order valence-electron chi connectivity index (χ1n) is 4.07. The van der Waals surface area contributed by atoms with Crippen LogP contribution in [0.4, 0.5) is 0 Å². The molecular formula is C8H14O4. The predicted molar refractivity (Wildman–Crippen MR) is 41.8 cm³/mol. The van der Waals surface area contributed by atoms with Crippen LogP contribution in [0.2, 0.25) is 0 Å². The van der Waals surface area contributed by atoms with E-state index in [1.165, 1.54) is 0 Å². The number of carboxylic acid groups (broad SMARTS) is 1. The third-order valence-corrected chi connectivity index (χ3v) is 2.37. The van der Waals surface area contributed by atoms with Gasteiger partial charge in [0.1, 0.15) is 0 Å². The summed E-state index contributed by atoms with van der Waals surface area (Å²) in [4.78, 5) is 10.4. The molecule has 0 aromatic rings. The summed E-state index contributed by atoms with van der Waals surface area (Å²) in [6, 6.07) is 0. The molecule has 0 saturated carbocycles. The third-order valence-electron chi connectivity index (χ3n) is 2.37. The van der Waals surface area contributed by atoms with Gasteiger partial charge in [-0.05, 0) is 6.92 Å². The molecule has 1 aliphatic heterocycles. The Balaban J connectivity index is 2.52. The summed E-state index contributed by atoms with van der Waals surface area (Å²) < 4.78 is 5.27. The number of rotatable bonds is 2. The first-order chi connectivity index (χ1) is 5.52. The van der Waals surface area contributed by atoms with Crippen LogP contribution in [-0.4, -0.2) is 34.5 Å². The molecule has 0 radical (unpaired) electrons. The molecule has 1 aliphatic rings. The van der Waals surface area contributed by atoms with E-state index in [-0.39, 0.29) is 24.5 Å². The lowest BCUT2D eigenvalue weighted by Gasteiger charge is -2.12. The van der Waals surface area contributed by atoms with E-state index in [4.69, 9.17) is 9.84 Å². The van der Waals surface area contributed by atoms with Gasteiger partial charge in [0.05, 0.1) is 24.7 Å². The maximum atomic E-state index is 10.4. The van der Waals surface area contributed by atoms with Crippen LogP contribution in [0.25, 0.3) is 0 Å². The average Bonchev–Trinajstić information content (AvgIpc) is 2.17. The monoisotopic (exact) mass is 174 g/mol. The molecule has 0 bridgehead atoms. The molecule has 1 heterocycles.